The number of carbonyl (C=O) groups excluding carboxylic acids is 1. The maximum atomic E-state index is 11.0. The van der Waals surface area contributed by atoms with Gasteiger partial charge in [0.1, 0.15) is 6.10 Å². The van der Waals surface area contributed by atoms with Gasteiger partial charge in [-0.3, -0.25) is 4.79 Å². The van der Waals surface area contributed by atoms with Gasteiger partial charge in [0.05, 0.1) is 0 Å². The Balaban J connectivity index is 1.95. The molecule has 0 aromatic carbocycles. The van der Waals surface area contributed by atoms with Crippen LogP contribution in [0.4, 0.5) is 0 Å². The van der Waals surface area contributed by atoms with Crippen LogP contribution < -0.4 is 0 Å². The van der Waals surface area contributed by atoms with Gasteiger partial charge in [0.15, 0.2) is 0 Å². The lowest BCUT2D eigenvalue weighted by Gasteiger charge is -2.29. The number of carbonyl (C=O) groups is 1. The molecule has 0 radical (unpaired) electrons. The molecule has 0 aliphatic heterocycles. The van der Waals surface area contributed by atoms with Crippen LogP contribution in [0.15, 0.2) is 0 Å². The quantitative estimate of drug-likeness (QED) is 0.649. The van der Waals surface area contributed by atoms with Gasteiger partial charge in [0.25, 0.3) is 0 Å². The van der Waals surface area contributed by atoms with E-state index in [0.29, 0.717) is 5.92 Å². The van der Waals surface area contributed by atoms with Crippen molar-refractivity contribution in [3.63, 3.8) is 0 Å². The van der Waals surface area contributed by atoms with E-state index in [9.17, 15) is 4.79 Å². The Kier molecular flexibility index (Phi) is 2.80. The van der Waals surface area contributed by atoms with Crippen LogP contribution >= 0.6 is 0 Å². The van der Waals surface area contributed by atoms with Crippen molar-refractivity contribution in [3.05, 3.63) is 0 Å². The van der Waals surface area contributed by atoms with Crippen molar-refractivity contribution < 1.29 is 9.53 Å². The highest BCUT2D eigenvalue weighted by Gasteiger charge is 2.43. The average molecular weight is 196 g/mol. The Bertz CT molecular complexity index is 224. The van der Waals surface area contributed by atoms with Crippen LogP contribution in [0.25, 0.3) is 0 Å². The van der Waals surface area contributed by atoms with Crippen molar-refractivity contribution in [1.29, 1.82) is 0 Å². The first-order valence-corrected chi connectivity index (χ1v) is 5.88. The lowest BCUT2D eigenvalue weighted by molar-refractivity contribution is -0.150. The van der Waals surface area contributed by atoms with E-state index in [1.807, 2.05) is 0 Å². The molecule has 2 fully saturated rings. The monoisotopic (exact) mass is 196 g/mol. The zero-order chi connectivity index (χ0) is 10.1. The first kappa shape index (κ1) is 10.0. The largest absolute Gasteiger partial charge is 0.462 e. The van der Waals surface area contributed by atoms with E-state index >= 15 is 0 Å². The minimum Gasteiger partial charge on any atom is -0.462 e. The summed E-state index contributed by atoms with van der Waals surface area (Å²) >= 11 is 0. The fourth-order valence-electron chi connectivity index (χ4n) is 3.44. The molecule has 14 heavy (non-hydrogen) atoms. The fraction of sp³-hybridized carbons (Fsp3) is 0.917. The lowest BCUT2D eigenvalue weighted by Crippen LogP contribution is -2.29. The molecular formula is C12H20O2. The van der Waals surface area contributed by atoms with Gasteiger partial charge in [0.2, 0.25) is 0 Å². The van der Waals surface area contributed by atoms with E-state index in [2.05, 4.69) is 6.92 Å². The summed E-state index contributed by atoms with van der Waals surface area (Å²) in [5.74, 6) is 2.35. The third kappa shape index (κ3) is 1.79. The summed E-state index contributed by atoms with van der Waals surface area (Å²) in [6.07, 6.45) is 6.65. The second-order valence-electron chi connectivity index (χ2n) is 4.89. The Labute approximate surface area is 86.0 Å². The topological polar surface area (TPSA) is 26.3 Å². The molecule has 2 aliphatic carbocycles. The third-order valence-electron chi connectivity index (χ3n) is 3.99. The minimum atomic E-state index is -0.111. The van der Waals surface area contributed by atoms with Crippen LogP contribution in [0, 0.1) is 17.8 Å². The number of rotatable bonds is 3. The van der Waals surface area contributed by atoms with E-state index in [4.69, 9.17) is 4.74 Å². The van der Waals surface area contributed by atoms with Crippen molar-refractivity contribution in [1.82, 2.24) is 0 Å². The van der Waals surface area contributed by atoms with E-state index in [-0.39, 0.29) is 12.1 Å². The highest BCUT2D eigenvalue weighted by molar-refractivity contribution is 5.66. The number of ether oxygens (including phenoxy) is 1. The van der Waals surface area contributed by atoms with Gasteiger partial charge in [0, 0.05) is 6.92 Å². The third-order valence-corrected chi connectivity index (χ3v) is 3.99. The van der Waals surface area contributed by atoms with Crippen LogP contribution in [0.5, 0.6) is 0 Å². The lowest BCUT2D eigenvalue weighted by atomic mass is 9.83. The van der Waals surface area contributed by atoms with Crippen LogP contribution in [0.2, 0.25) is 0 Å². The molecule has 2 rings (SSSR count). The molecule has 0 N–H and O–H groups in total. The zero-order valence-electron chi connectivity index (χ0n) is 9.16. The predicted molar refractivity (Wildman–Crippen MR) is 54.8 cm³/mol. The summed E-state index contributed by atoms with van der Waals surface area (Å²) in [5, 5.41) is 0. The number of fused-ring (bicyclic) bond motifs is 2. The van der Waals surface area contributed by atoms with E-state index in [1.165, 1.54) is 32.6 Å². The molecule has 2 aliphatic rings. The molecule has 2 bridgehead atoms. The van der Waals surface area contributed by atoms with Crippen molar-refractivity contribution >= 4 is 5.97 Å². The Hall–Kier alpha value is -0.530. The summed E-state index contributed by atoms with van der Waals surface area (Å²) in [5.41, 5.74) is 0. The van der Waals surface area contributed by atoms with Crippen molar-refractivity contribution in [2.24, 2.45) is 17.8 Å². The summed E-state index contributed by atoms with van der Waals surface area (Å²) in [7, 11) is 0. The molecule has 80 valence electrons. The van der Waals surface area contributed by atoms with Gasteiger partial charge in [-0.25, -0.2) is 0 Å². The molecule has 0 heterocycles. The SMILES string of the molecule is CCC(OC(C)=O)C1CC2CCC1C2. The average Bonchev–Trinajstić information content (AvgIpc) is 2.74. The second-order valence-corrected chi connectivity index (χ2v) is 4.89. The molecule has 0 amide bonds. The maximum Gasteiger partial charge on any atom is 0.302 e. The van der Waals surface area contributed by atoms with Gasteiger partial charge < -0.3 is 4.74 Å². The van der Waals surface area contributed by atoms with Gasteiger partial charge in [-0.15, -0.1) is 0 Å². The Morgan fingerprint density at radius 1 is 1.43 bits per heavy atom. The molecule has 2 saturated carbocycles. The minimum absolute atomic E-state index is 0.111. The molecule has 0 aromatic rings. The van der Waals surface area contributed by atoms with Crippen molar-refractivity contribution in [2.75, 3.05) is 0 Å². The zero-order valence-corrected chi connectivity index (χ0v) is 9.16. The summed E-state index contributed by atoms with van der Waals surface area (Å²) in [6.45, 7) is 3.65. The van der Waals surface area contributed by atoms with Crippen LogP contribution in [-0.2, 0) is 9.53 Å². The highest BCUT2D eigenvalue weighted by Crippen LogP contribution is 2.50. The molecule has 2 heteroatoms. The second kappa shape index (κ2) is 3.92. The highest BCUT2D eigenvalue weighted by atomic mass is 16.5. The summed E-state index contributed by atoms with van der Waals surface area (Å²) in [6, 6.07) is 0. The van der Waals surface area contributed by atoms with Gasteiger partial charge in [-0.1, -0.05) is 13.3 Å². The molecule has 4 unspecified atom stereocenters. The maximum absolute atomic E-state index is 11.0. The van der Waals surface area contributed by atoms with Gasteiger partial charge in [-0.2, -0.15) is 0 Å². The molecule has 0 spiro atoms. The molecule has 0 aromatic heterocycles. The normalized spacial score (nSPS) is 37.1. The first-order chi connectivity index (χ1) is 6.70. The Morgan fingerprint density at radius 2 is 2.21 bits per heavy atom. The number of hydrogen-bond acceptors (Lipinski definition) is 2. The van der Waals surface area contributed by atoms with Gasteiger partial charge in [-0.05, 0) is 43.4 Å². The Morgan fingerprint density at radius 3 is 2.64 bits per heavy atom. The fourth-order valence-corrected chi connectivity index (χ4v) is 3.44. The van der Waals surface area contributed by atoms with Crippen LogP contribution in [0.3, 0.4) is 0 Å². The summed E-state index contributed by atoms with van der Waals surface area (Å²) in [4.78, 5) is 11.0. The van der Waals surface area contributed by atoms with E-state index in [0.717, 1.165) is 18.3 Å². The predicted octanol–water partition coefficient (Wildman–Crippen LogP) is 2.76. The molecule has 2 nitrogen and oxygen atoms in total. The molecular weight excluding hydrogens is 176 g/mol. The molecule has 0 saturated heterocycles. The van der Waals surface area contributed by atoms with Gasteiger partial charge >= 0.3 is 5.97 Å². The molecule has 4 atom stereocenters. The number of hydrogen-bond donors (Lipinski definition) is 0. The standard InChI is InChI=1S/C12H20O2/c1-3-12(14-8(2)13)11-7-9-4-5-10(11)6-9/h9-12H,3-7H2,1-2H3. The van der Waals surface area contributed by atoms with E-state index < -0.39 is 0 Å². The van der Waals surface area contributed by atoms with Crippen LogP contribution in [-0.4, -0.2) is 12.1 Å². The number of esters is 1. The van der Waals surface area contributed by atoms with Crippen LogP contribution in [0.1, 0.15) is 46.0 Å². The van der Waals surface area contributed by atoms with Crippen molar-refractivity contribution in [3.8, 4) is 0 Å². The van der Waals surface area contributed by atoms with E-state index in [1.54, 1.807) is 0 Å². The van der Waals surface area contributed by atoms with Crippen molar-refractivity contribution in [2.45, 2.75) is 52.1 Å². The smallest absolute Gasteiger partial charge is 0.302 e. The summed E-state index contributed by atoms with van der Waals surface area (Å²) < 4.78 is 5.40. The first-order valence-electron chi connectivity index (χ1n) is 5.88.